The molecule has 0 spiro atoms. The van der Waals surface area contributed by atoms with Crippen molar-refractivity contribution in [2.24, 2.45) is 5.92 Å². The van der Waals surface area contributed by atoms with Gasteiger partial charge in [0, 0.05) is 25.2 Å². The number of nitriles is 1. The Morgan fingerprint density at radius 2 is 1.94 bits per heavy atom. The number of halogens is 3. The second-order valence-corrected chi connectivity index (χ2v) is 7.80. The lowest BCUT2D eigenvalue weighted by Gasteiger charge is -2.31. The van der Waals surface area contributed by atoms with Crippen LogP contribution in [0.5, 0.6) is 11.5 Å². The van der Waals surface area contributed by atoms with Gasteiger partial charge in [-0.15, -0.1) is 0 Å². The van der Waals surface area contributed by atoms with Gasteiger partial charge in [-0.25, -0.2) is 8.78 Å². The van der Waals surface area contributed by atoms with E-state index in [4.69, 9.17) is 14.7 Å². The Labute approximate surface area is 186 Å². The Kier molecular flexibility index (Phi) is 7.23. The summed E-state index contributed by atoms with van der Waals surface area (Å²) in [4.78, 5) is 26.7. The number of nitrogens with zero attached hydrogens (tertiary/aromatic N) is 2. The Balaban J connectivity index is 1.66. The number of carbonyl (C=O) groups is 2. The van der Waals surface area contributed by atoms with Crippen LogP contribution in [0.2, 0.25) is 0 Å². The van der Waals surface area contributed by atoms with Crippen LogP contribution in [0.4, 0.5) is 8.78 Å². The summed E-state index contributed by atoms with van der Waals surface area (Å²) < 4.78 is 38.4. The number of ether oxygens (including phenoxy) is 2. The Bertz CT molecular complexity index is 1050. The van der Waals surface area contributed by atoms with E-state index in [1.165, 1.54) is 17.0 Å². The second kappa shape index (κ2) is 9.88. The highest BCUT2D eigenvalue weighted by atomic mass is 79.9. The number of likely N-dealkylation sites (tertiary alicyclic amines) is 1. The molecule has 1 heterocycles. The number of piperidine rings is 1. The lowest BCUT2D eigenvalue weighted by molar-refractivity contribution is -0.140. The minimum atomic E-state index is -0.916. The zero-order valence-corrected chi connectivity index (χ0v) is 18.2. The third-order valence-corrected chi connectivity index (χ3v) is 5.51. The number of benzene rings is 2. The standard InChI is InChI=1S/C22H19BrF2N2O4/c1-2-30-19-10-13(12-26)9-17(23)20(19)31-22(29)14-5-7-27(8-6-14)21(28)16-4-3-15(24)11-18(16)25/h3-4,9-11,14H,2,5-8H2,1H3. The zero-order chi connectivity index (χ0) is 22.5. The van der Waals surface area contributed by atoms with Gasteiger partial charge < -0.3 is 14.4 Å². The fourth-order valence-corrected chi connectivity index (χ4v) is 3.85. The first kappa shape index (κ1) is 22.7. The van der Waals surface area contributed by atoms with Crippen molar-refractivity contribution < 1.29 is 27.8 Å². The van der Waals surface area contributed by atoms with Crippen LogP contribution >= 0.6 is 15.9 Å². The van der Waals surface area contributed by atoms with Crippen LogP contribution in [0.15, 0.2) is 34.8 Å². The average molecular weight is 493 g/mol. The molecule has 1 amide bonds. The van der Waals surface area contributed by atoms with E-state index in [-0.39, 0.29) is 30.2 Å². The molecule has 0 bridgehead atoms. The van der Waals surface area contributed by atoms with E-state index in [2.05, 4.69) is 15.9 Å². The van der Waals surface area contributed by atoms with Gasteiger partial charge in [0.05, 0.1) is 34.2 Å². The molecular weight excluding hydrogens is 474 g/mol. The molecule has 1 saturated heterocycles. The van der Waals surface area contributed by atoms with Crippen LogP contribution in [0.1, 0.15) is 35.7 Å². The molecule has 9 heteroatoms. The molecule has 2 aromatic carbocycles. The molecule has 0 N–H and O–H groups in total. The van der Waals surface area contributed by atoms with E-state index in [9.17, 15) is 18.4 Å². The van der Waals surface area contributed by atoms with Gasteiger partial charge >= 0.3 is 5.97 Å². The van der Waals surface area contributed by atoms with Gasteiger partial charge in [-0.3, -0.25) is 9.59 Å². The minimum Gasteiger partial charge on any atom is -0.490 e. The van der Waals surface area contributed by atoms with Crippen molar-refractivity contribution in [3.63, 3.8) is 0 Å². The molecule has 6 nitrogen and oxygen atoms in total. The third kappa shape index (κ3) is 5.20. The van der Waals surface area contributed by atoms with Crippen molar-refractivity contribution >= 4 is 27.8 Å². The summed E-state index contributed by atoms with van der Waals surface area (Å²) in [6.07, 6.45) is 0.677. The molecule has 1 fully saturated rings. The minimum absolute atomic E-state index is 0.192. The number of carbonyl (C=O) groups excluding carboxylic acids is 2. The summed E-state index contributed by atoms with van der Waals surface area (Å²) in [6, 6.07) is 7.86. The van der Waals surface area contributed by atoms with Gasteiger partial charge in [-0.2, -0.15) is 5.26 Å². The van der Waals surface area contributed by atoms with E-state index in [1.807, 2.05) is 6.07 Å². The van der Waals surface area contributed by atoms with Gasteiger partial charge in [0.15, 0.2) is 11.5 Å². The van der Waals surface area contributed by atoms with Crippen molar-refractivity contribution in [2.75, 3.05) is 19.7 Å². The molecule has 0 saturated carbocycles. The molecular formula is C22H19BrF2N2O4. The molecule has 0 atom stereocenters. The lowest BCUT2D eigenvalue weighted by Crippen LogP contribution is -2.41. The van der Waals surface area contributed by atoms with Crippen molar-refractivity contribution in [1.82, 2.24) is 4.90 Å². The summed E-state index contributed by atoms with van der Waals surface area (Å²) in [5.41, 5.74) is 0.153. The first-order chi connectivity index (χ1) is 14.8. The fourth-order valence-electron chi connectivity index (χ4n) is 3.33. The molecule has 0 unspecified atom stereocenters. The summed E-state index contributed by atoms with van der Waals surface area (Å²) in [5, 5.41) is 9.11. The Morgan fingerprint density at radius 3 is 2.55 bits per heavy atom. The summed E-state index contributed by atoms with van der Waals surface area (Å²) in [6.45, 7) is 2.58. The molecule has 2 aromatic rings. The smallest absolute Gasteiger partial charge is 0.314 e. The van der Waals surface area contributed by atoms with Crippen molar-refractivity contribution in [2.45, 2.75) is 19.8 Å². The normalized spacial score (nSPS) is 14.1. The molecule has 0 radical (unpaired) electrons. The molecule has 3 rings (SSSR count). The fraction of sp³-hybridized carbons (Fsp3) is 0.318. The highest BCUT2D eigenvalue weighted by Gasteiger charge is 2.31. The van der Waals surface area contributed by atoms with Crippen LogP contribution < -0.4 is 9.47 Å². The Morgan fingerprint density at radius 1 is 1.23 bits per heavy atom. The average Bonchev–Trinajstić information content (AvgIpc) is 2.75. The second-order valence-electron chi connectivity index (χ2n) is 6.94. The molecule has 0 aliphatic carbocycles. The molecule has 1 aliphatic rings. The number of hydrogen-bond acceptors (Lipinski definition) is 5. The van der Waals surface area contributed by atoms with Crippen LogP contribution in [-0.2, 0) is 4.79 Å². The predicted molar refractivity (Wildman–Crippen MR) is 111 cm³/mol. The maximum absolute atomic E-state index is 13.9. The number of amides is 1. The summed E-state index contributed by atoms with van der Waals surface area (Å²) in [7, 11) is 0. The summed E-state index contributed by atoms with van der Waals surface area (Å²) >= 11 is 3.30. The summed E-state index contributed by atoms with van der Waals surface area (Å²) in [5.74, 6) is -2.68. The first-order valence-electron chi connectivity index (χ1n) is 9.66. The SMILES string of the molecule is CCOc1cc(C#N)cc(Br)c1OC(=O)C1CCN(C(=O)c2ccc(F)cc2F)CC1. The molecule has 1 aliphatic heterocycles. The number of hydrogen-bond donors (Lipinski definition) is 0. The topological polar surface area (TPSA) is 79.6 Å². The van der Waals surface area contributed by atoms with Crippen molar-refractivity contribution in [1.29, 1.82) is 5.26 Å². The van der Waals surface area contributed by atoms with Crippen LogP contribution in [0.3, 0.4) is 0 Å². The van der Waals surface area contributed by atoms with Gasteiger partial charge in [0.1, 0.15) is 11.6 Å². The molecule has 162 valence electrons. The van der Waals surface area contributed by atoms with Crippen molar-refractivity contribution in [3.8, 4) is 17.6 Å². The maximum Gasteiger partial charge on any atom is 0.314 e. The monoisotopic (exact) mass is 492 g/mol. The quantitative estimate of drug-likeness (QED) is 0.454. The van der Waals surface area contributed by atoms with E-state index in [1.54, 1.807) is 6.92 Å². The zero-order valence-electron chi connectivity index (χ0n) is 16.7. The van der Waals surface area contributed by atoms with E-state index < -0.39 is 29.4 Å². The lowest BCUT2D eigenvalue weighted by atomic mass is 9.96. The third-order valence-electron chi connectivity index (χ3n) is 4.92. The first-order valence-corrected chi connectivity index (χ1v) is 10.5. The highest BCUT2D eigenvalue weighted by Crippen LogP contribution is 2.38. The molecule has 0 aromatic heterocycles. The Hall–Kier alpha value is -2.99. The van der Waals surface area contributed by atoms with Gasteiger partial charge in [-0.05, 0) is 53.9 Å². The van der Waals surface area contributed by atoms with E-state index in [0.29, 0.717) is 35.6 Å². The van der Waals surface area contributed by atoms with E-state index in [0.717, 1.165) is 12.1 Å². The maximum atomic E-state index is 13.9. The van der Waals surface area contributed by atoms with Gasteiger partial charge in [0.25, 0.3) is 5.91 Å². The highest BCUT2D eigenvalue weighted by molar-refractivity contribution is 9.10. The largest absolute Gasteiger partial charge is 0.490 e. The van der Waals surface area contributed by atoms with Gasteiger partial charge in [0.2, 0.25) is 0 Å². The van der Waals surface area contributed by atoms with Crippen LogP contribution in [0.25, 0.3) is 0 Å². The number of esters is 1. The molecule has 31 heavy (non-hydrogen) atoms. The van der Waals surface area contributed by atoms with E-state index >= 15 is 0 Å². The van der Waals surface area contributed by atoms with Crippen molar-refractivity contribution in [3.05, 3.63) is 57.6 Å². The van der Waals surface area contributed by atoms with Crippen LogP contribution in [0, 0.1) is 28.9 Å². The number of rotatable bonds is 5. The van der Waals surface area contributed by atoms with Crippen LogP contribution in [-0.4, -0.2) is 36.5 Å². The predicted octanol–water partition coefficient (Wildman–Crippen LogP) is 4.46. The van der Waals surface area contributed by atoms with Gasteiger partial charge in [-0.1, -0.05) is 0 Å².